The molecule has 8 heteroatoms. The molecule has 2 rings (SSSR count). The molecule has 1 N–H and O–H groups in total. The van der Waals surface area contributed by atoms with Crippen molar-refractivity contribution < 1.29 is 12.8 Å². The largest absolute Gasteiger partial charge is 0.264 e. The van der Waals surface area contributed by atoms with E-state index in [1.54, 1.807) is 12.1 Å². The summed E-state index contributed by atoms with van der Waals surface area (Å²) in [6.07, 6.45) is 1.43. The van der Waals surface area contributed by atoms with Gasteiger partial charge in [-0.3, -0.25) is 4.72 Å². The molecule has 0 unspecified atom stereocenters. The van der Waals surface area contributed by atoms with Crippen LogP contribution in [0.1, 0.15) is 0 Å². The summed E-state index contributed by atoms with van der Waals surface area (Å²) in [5, 5.41) is -0.0686. The number of rotatable bonds is 3. The summed E-state index contributed by atoms with van der Waals surface area (Å²) < 4.78 is 40.0. The number of aromatic nitrogens is 1. The summed E-state index contributed by atoms with van der Waals surface area (Å²) in [6, 6.07) is 6.37. The van der Waals surface area contributed by atoms with Gasteiger partial charge in [-0.1, -0.05) is 11.6 Å². The highest BCUT2D eigenvalue weighted by atomic mass is 79.9. The second kappa shape index (κ2) is 5.44. The van der Waals surface area contributed by atoms with Crippen LogP contribution in [0, 0.1) is 5.82 Å². The standard InChI is InChI=1S/C11H7BrClFN2O2S/c12-8-2-1-5-15-11(8)16-19(17,18)10-6-7(14)3-4-9(10)13/h1-6H,(H,15,16). The first-order valence-corrected chi connectivity index (χ1v) is 7.64. The Morgan fingerprint density at radius 3 is 2.74 bits per heavy atom. The number of nitrogens with one attached hydrogen (secondary N) is 1. The molecule has 1 aromatic carbocycles. The van der Waals surface area contributed by atoms with Gasteiger partial charge in [0, 0.05) is 6.20 Å². The predicted octanol–water partition coefficient (Wildman–Crippen LogP) is 3.44. The van der Waals surface area contributed by atoms with Crippen molar-refractivity contribution in [1.82, 2.24) is 4.98 Å². The molecule has 0 spiro atoms. The maximum atomic E-state index is 13.1. The van der Waals surface area contributed by atoms with Gasteiger partial charge in [0.25, 0.3) is 10.0 Å². The normalized spacial score (nSPS) is 11.3. The van der Waals surface area contributed by atoms with Gasteiger partial charge in [-0.25, -0.2) is 17.8 Å². The van der Waals surface area contributed by atoms with Crippen LogP contribution in [-0.4, -0.2) is 13.4 Å². The number of hydrogen-bond donors (Lipinski definition) is 1. The quantitative estimate of drug-likeness (QED) is 0.906. The van der Waals surface area contributed by atoms with Crippen LogP contribution < -0.4 is 4.72 Å². The monoisotopic (exact) mass is 364 g/mol. The molecule has 0 aliphatic rings. The fourth-order valence-electron chi connectivity index (χ4n) is 1.33. The number of benzene rings is 1. The molecule has 0 bridgehead atoms. The van der Waals surface area contributed by atoms with Crippen molar-refractivity contribution in [2.45, 2.75) is 4.90 Å². The average Bonchev–Trinajstić information content (AvgIpc) is 2.35. The zero-order valence-electron chi connectivity index (χ0n) is 9.27. The molecule has 0 atom stereocenters. The van der Waals surface area contributed by atoms with Gasteiger partial charge in [-0.2, -0.15) is 0 Å². The highest BCUT2D eigenvalue weighted by Crippen LogP contribution is 2.26. The van der Waals surface area contributed by atoms with Gasteiger partial charge in [0.15, 0.2) is 5.82 Å². The number of anilines is 1. The summed E-state index contributed by atoms with van der Waals surface area (Å²) in [6.45, 7) is 0. The van der Waals surface area contributed by atoms with Crippen molar-refractivity contribution in [2.24, 2.45) is 0 Å². The van der Waals surface area contributed by atoms with Crippen LogP contribution in [0.25, 0.3) is 0 Å². The molecular weight excluding hydrogens is 359 g/mol. The molecule has 2 aromatic rings. The second-order valence-corrected chi connectivity index (χ2v) is 6.43. The predicted molar refractivity (Wildman–Crippen MR) is 74.2 cm³/mol. The molecule has 0 fully saturated rings. The Hall–Kier alpha value is -1.18. The van der Waals surface area contributed by atoms with E-state index in [-0.39, 0.29) is 15.7 Å². The highest BCUT2D eigenvalue weighted by molar-refractivity contribution is 9.10. The Morgan fingerprint density at radius 1 is 1.32 bits per heavy atom. The third-order valence-corrected chi connectivity index (χ3v) is 4.63. The van der Waals surface area contributed by atoms with Gasteiger partial charge >= 0.3 is 0 Å². The second-order valence-electron chi connectivity index (χ2n) is 3.51. The minimum absolute atomic E-state index is 0.0686. The molecule has 0 aliphatic carbocycles. The summed E-state index contributed by atoms with van der Waals surface area (Å²) in [5.41, 5.74) is 0. The van der Waals surface area contributed by atoms with E-state index in [4.69, 9.17) is 11.6 Å². The van der Waals surface area contributed by atoms with Gasteiger partial charge < -0.3 is 0 Å². The fourth-order valence-corrected chi connectivity index (χ4v) is 3.35. The molecule has 1 aromatic heterocycles. The van der Waals surface area contributed by atoms with E-state index in [1.807, 2.05) is 0 Å². The van der Waals surface area contributed by atoms with Crippen LogP contribution in [0.2, 0.25) is 5.02 Å². The minimum atomic E-state index is -4.00. The molecule has 19 heavy (non-hydrogen) atoms. The van der Waals surface area contributed by atoms with Crippen molar-refractivity contribution in [3.05, 3.63) is 51.8 Å². The summed E-state index contributed by atoms with van der Waals surface area (Å²) in [5.74, 6) is -0.590. The number of sulfonamides is 1. The summed E-state index contributed by atoms with van der Waals surface area (Å²) in [4.78, 5) is 3.53. The maximum absolute atomic E-state index is 13.1. The van der Waals surface area contributed by atoms with Crippen molar-refractivity contribution in [3.63, 3.8) is 0 Å². The lowest BCUT2D eigenvalue weighted by atomic mass is 10.3. The number of hydrogen-bond acceptors (Lipinski definition) is 3. The number of nitrogens with zero attached hydrogens (tertiary/aromatic N) is 1. The smallest absolute Gasteiger partial charge is 0.262 e. The first-order valence-electron chi connectivity index (χ1n) is 4.98. The van der Waals surface area contributed by atoms with Gasteiger partial charge in [-0.15, -0.1) is 0 Å². The lowest BCUT2D eigenvalue weighted by Crippen LogP contribution is -2.15. The topological polar surface area (TPSA) is 59.1 Å². The molecule has 100 valence electrons. The van der Waals surface area contributed by atoms with Crippen molar-refractivity contribution >= 4 is 43.4 Å². The van der Waals surface area contributed by atoms with E-state index < -0.39 is 15.8 Å². The van der Waals surface area contributed by atoms with E-state index in [2.05, 4.69) is 25.6 Å². The van der Waals surface area contributed by atoms with Crippen LogP contribution in [-0.2, 0) is 10.0 Å². The van der Waals surface area contributed by atoms with Gasteiger partial charge in [0.1, 0.15) is 10.7 Å². The lowest BCUT2D eigenvalue weighted by Gasteiger charge is -2.09. The van der Waals surface area contributed by atoms with Gasteiger partial charge in [-0.05, 0) is 46.3 Å². The molecule has 4 nitrogen and oxygen atoms in total. The highest BCUT2D eigenvalue weighted by Gasteiger charge is 2.20. The fraction of sp³-hybridized carbons (Fsp3) is 0. The third-order valence-electron chi connectivity index (χ3n) is 2.17. The van der Waals surface area contributed by atoms with Crippen molar-refractivity contribution in [2.75, 3.05) is 4.72 Å². The minimum Gasteiger partial charge on any atom is -0.262 e. The van der Waals surface area contributed by atoms with Crippen molar-refractivity contribution in [3.8, 4) is 0 Å². The van der Waals surface area contributed by atoms with Crippen LogP contribution in [0.4, 0.5) is 10.2 Å². The molecular formula is C11H7BrClFN2O2S. The molecule has 0 radical (unpaired) electrons. The van der Waals surface area contributed by atoms with E-state index in [0.717, 1.165) is 12.1 Å². The summed E-state index contributed by atoms with van der Waals surface area (Å²) >= 11 is 8.93. The molecule has 0 saturated carbocycles. The molecule has 0 aliphatic heterocycles. The zero-order chi connectivity index (χ0) is 14.0. The zero-order valence-corrected chi connectivity index (χ0v) is 12.4. The SMILES string of the molecule is O=S(=O)(Nc1ncccc1Br)c1cc(F)ccc1Cl. The Labute approximate surface area is 122 Å². The molecule has 1 heterocycles. The van der Waals surface area contributed by atoms with Crippen LogP contribution in [0.5, 0.6) is 0 Å². The lowest BCUT2D eigenvalue weighted by molar-refractivity contribution is 0.595. The van der Waals surface area contributed by atoms with Crippen LogP contribution >= 0.6 is 27.5 Å². The van der Waals surface area contributed by atoms with Crippen molar-refractivity contribution in [1.29, 1.82) is 0 Å². The van der Waals surface area contributed by atoms with E-state index in [0.29, 0.717) is 4.47 Å². The van der Waals surface area contributed by atoms with E-state index in [9.17, 15) is 12.8 Å². The van der Waals surface area contributed by atoms with E-state index in [1.165, 1.54) is 12.3 Å². The van der Waals surface area contributed by atoms with E-state index >= 15 is 0 Å². The number of halogens is 3. The first-order chi connectivity index (χ1) is 8.90. The van der Waals surface area contributed by atoms with Gasteiger partial charge in [0.05, 0.1) is 9.50 Å². The Kier molecular flexibility index (Phi) is 4.07. The Balaban J connectivity index is 2.44. The van der Waals surface area contributed by atoms with Gasteiger partial charge in [0.2, 0.25) is 0 Å². The summed E-state index contributed by atoms with van der Waals surface area (Å²) in [7, 11) is -4.00. The first kappa shape index (κ1) is 14.2. The molecule has 0 amide bonds. The van der Waals surface area contributed by atoms with Crippen LogP contribution in [0.15, 0.2) is 45.9 Å². The third kappa shape index (κ3) is 3.23. The Morgan fingerprint density at radius 2 is 2.05 bits per heavy atom. The van der Waals surface area contributed by atoms with Crippen LogP contribution in [0.3, 0.4) is 0 Å². The number of pyridine rings is 1. The maximum Gasteiger partial charge on any atom is 0.264 e. The molecule has 0 saturated heterocycles. The Bertz CT molecular complexity index is 724. The average molecular weight is 366 g/mol.